The summed E-state index contributed by atoms with van der Waals surface area (Å²) in [5, 5.41) is 10.3. The van der Waals surface area contributed by atoms with E-state index >= 15 is 0 Å². The van der Waals surface area contributed by atoms with Gasteiger partial charge in [0.15, 0.2) is 0 Å². The van der Waals surface area contributed by atoms with Gasteiger partial charge in [-0.3, -0.25) is 0 Å². The maximum absolute atomic E-state index is 10.3. The number of phenolic OH excluding ortho intramolecular Hbond substituents is 1. The van der Waals surface area contributed by atoms with Crippen LogP contribution in [0.2, 0.25) is 0 Å². The Morgan fingerprint density at radius 2 is 1.72 bits per heavy atom. The van der Waals surface area contributed by atoms with Crippen LogP contribution < -0.4 is 0 Å². The third kappa shape index (κ3) is 6.06. The molecule has 0 bridgehead atoms. The van der Waals surface area contributed by atoms with Crippen LogP contribution in [0.25, 0.3) is 0 Å². The summed E-state index contributed by atoms with van der Waals surface area (Å²) in [6.45, 7) is 6.82. The molecule has 1 aromatic carbocycles. The van der Waals surface area contributed by atoms with E-state index in [4.69, 9.17) is 0 Å². The van der Waals surface area contributed by atoms with Crippen molar-refractivity contribution in [2.24, 2.45) is 11.3 Å². The quantitative estimate of drug-likeness (QED) is 0.455. The monoisotopic (exact) mass is 340 g/mol. The molecule has 25 heavy (non-hydrogen) atoms. The maximum atomic E-state index is 10.3. The number of rotatable bonds is 10. The average molecular weight is 341 g/mol. The smallest absolute Gasteiger partial charge is 0.118 e. The largest absolute Gasteiger partial charge is 0.508 e. The van der Waals surface area contributed by atoms with Gasteiger partial charge in [0.05, 0.1) is 0 Å². The molecule has 0 spiro atoms. The fraction of sp³-hybridized carbons (Fsp3) is 0.583. The first-order chi connectivity index (χ1) is 12.0. The molecular weight excluding hydrogens is 304 g/mol. The van der Waals surface area contributed by atoms with Crippen LogP contribution in [0.5, 0.6) is 5.75 Å². The van der Waals surface area contributed by atoms with E-state index in [-0.39, 0.29) is 5.41 Å². The zero-order valence-electron chi connectivity index (χ0n) is 16.4. The first-order valence-electron chi connectivity index (χ1n) is 10.2. The van der Waals surface area contributed by atoms with Crippen molar-refractivity contribution in [1.29, 1.82) is 0 Å². The molecule has 1 N–H and O–H groups in total. The van der Waals surface area contributed by atoms with Gasteiger partial charge >= 0.3 is 0 Å². The van der Waals surface area contributed by atoms with E-state index in [1.54, 1.807) is 0 Å². The second kappa shape index (κ2) is 9.85. The SMILES string of the molecule is CCCCCCCCCc1ccc(O)c(CC2(C)C=CC=CC2C)c1. The number of aryl methyl sites for hydroxylation is 1. The Morgan fingerprint density at radius 1 is 1.00 bits per heavy atom. The molecule has 0 aliphatic heterocycles. The van der Waals surface area contributed by atoms with Crippen LogP contribution in [-0.4, -0.2) is 5.11 Å². The lowest BCUT2D eigenvalue weighted by Gasteiger charge is -2.33. The molecule has 0 saturated carbocycles. The van der Waals surface area contributed by atoms with Gasteiger partial charge in [-0.05, 0) is 47.8 Å². The van der Waals surface area contributed by atoms with Gasteiger partial charge in [-0.15, -0.1) is 0 Å². The second-order valence-corrected chi connectivity index (χ2v) is 8.05. The Morgan fingerprint density at radius 3 is 2.44 bits per heavy atom. The number of aromatic hydroxyl groups is 1. The highest BCUT2D eigenvalue weighted by atomic mass is 16.3. The number of phenols is 1. The van der Waals surface area contributed by atoms with Crippen molar-refractivity contribution in [3.8, 4) is 5.75 Å². The molecule has 1 heteroatoms. The van der Waals surface area contributed by atoms with Crippen LogP contribution in [0.1, 0.15) is 76.8 Å². The predicted octanol–water partition coefficient (Wildman–Crippen LogP) is 7.00. The Labute approximate surface area is 154 Å². The van der Waals surface area contributed by atoms with Crippen LogP contribution in [-0.2, 0) is 12.8 Å². The molecule has 2 unspecified atom stereocenters. The minimum absolute atomic E-state index is 0.0874. The second-order valence-electron chi connectivity index (χ2n) is 8.05. The zero-order chi connectivity index (χ0) is 18.1. The van der Waals surface area contributed by atoms with E-state index in [2.05, 4.69) is 57.2 Å². The Kier molecular flexibility index (Phi) is 7.81. The highest BCUT2D eigenvalue weighted by Gasteiger charge is 2.29. The fourth-order valence-corrected chi connectivity index (χ4v) is 3.73. The summed E-state index contributed by atoms with van der Waals surface area (Å²) in [5.41, 5.74) is 2.55. The minimum atomic E-state index is 0.0874. The fourth-order valence-electron chi connectivity index (χ4n) is 3.73. The molecule has 0 aromatic heterocycles. The molecule has 1 aromatic rings. The van der Waals surface area contributed by atoms with Crippen molar-refractivity contribution in [2.45, 2.75) is 78.6 Å². The van der Waals surface area contributed by atoms with Gasteiger partial charge < -0.3 is 5.11 Å². The summed E-state index contributed by atoms with van der Waals surface area (Å²) in [4.78, 5) is 0. The number of unbranched alkanes of at least 4 members (excludes halogenated alkanes) is 6. The number of allylic oxidation sites excluding steroid dienone is 4. The summed E-state index contributed by atoms with van der Waals surface area (Å²) < 4.78 is 0. The minimum Gasteiger partial charge on any atom is -0.508 e. The molecule has 2 atom stereocenters. The summed E-state index contributed by atoms with van der Waals surface area (Å²) in [5.74, 6) is 0.934. The highest BCUT2D eigenvalue weighted by Crippen LogP contribution is 2.38. The normalized spacial score (nSPS) is 22.4. The molecule has 0 radical (unpaired) electrons. The van der Waals surface area contributed by atoms with Gasteiger partial charge in [-0.2, -0.15) is 0 Å². The van der Waals surface area contributed by atoms with Gasteiger partial charge in [0.1, 0.15) is 5.75 Å². The standard InChI is InChI=1S/C24H36O/c1-4-5-6-7-8-9-10-14-21-15-16-23(25)22(18-21)19-24(3)17-12-11-13-20(24)2/h11-13,15-18,20,25H,4-10,14,19H2,1-3H3. The van der Waals surface area contributed by atoms with E-state index < -0.39 is 0 Å². The highest BCUT2D eigenvalue weighted by molar-refractivity contribution is 5.38. The lowest BCUT2D eigenvalue weighted by molar-refractivity contribution is 0.317. The van der Waals surface area contributed by atoms with E-state index in [9.17, 15) is 5.11 Å². The topological polar surface area (TPSA) is 20.2 Å². The van der Waals surface area contributed by atoms with Crippen LogP contribution in [0.4, 0.5) is 0 Å². The maximum Gasteiger partial charge on any atom is 0.118 e. The Bertz CT molecular complexity index is 584. The van der Waals surface area contributed by atoms with Gasteiger partial charge in [0, 0.05) is 0 Å². The van der Waals surface area contributed by atoms with E-state index in [1.807, 2.05) is 6.07 Å². The van der Waals surface area contributed by atoms with Crippen molar-refractivity contribution in [1.82, 2.24) is 0 Å². The molecule has 1 aliphatic rings. The molecule has 2 rings (SSSR count). The van der Waals surface area contributed by atoms with Gasteiger partial charge in [0.25, 0.3) is 0 Å². The van der Waals surface area contributed by atoms with Crippen molar-refractivity contribution in [3.05, 3.63) is 53.6 Å². The van der Waals surface area contributed by atoms with Crippen LogP contribution in [0.3, 0.4) is 0 Å². The lowest BCUT2D eigenvalue weighted by Crippen LogP contribution is -2.26. The lowest BCUT2D eigenvalue weighted by atomic mass is 9.71. The number of hydrogen-bond donors (Lipinski definition) is 1. The van der Waals surface area contributed by atoms with Crippen LogP contribution in [0.15, 0.2) is 42.5 Å². The summed E-state index contributed by atoms with van der Waals surface area (Å²) >= 11 is 0. The van der Waals surface area contributed by atoms with Gasteiger partial charge in [-0.25, -0.2) is 0 Å². The summed E-state index contributed by atoms with van der Waals surface area (Å²) in [6, 6.07) is 6.22. The van der Waals surface area contributed by atoms with Crippen molar-refractivity contribution in [3.63, 3.8) is 0 Å². The van der Waals surface area contributed by atoms with E-state index in [1.165, 1.54) is 50.5 Å². The molecule has 0 heterocycles. The van der Waals surface area contributed by atoms with Crippen molar-refractivity contribution < 1.29 is 5.11 Å². The summed E-state index contributed by atoms with van der Waals surface area (Å²) in [6.07, 6.45) is 20.2. The predicted molar refractivity (Wildman–Crippen MR) is 109 cm³/mol. The average Bonchev–Trinajstić information content (AvgIpc) is 2.59. The number of hydrogen-bond acceptors (Lipinski definition) is 1. The number of benzene rings is 1. The Balaban J connectivity index is 1.87. The first-order valence-corrected chi connectivity index (χ1v) is 10.2. The van der Waals surface area contributed by atoms with Gasteiger partial charge in [-0.1, -0.05) is 95.7 Å². The molecule has 0 fully saturated rings. The van der Waals surface area contributed by atoms with E-state index in [0.29, 0.717) is 11.7 Å². The summed E-state index contributed by atoms with van der Waals surface area (Å²) in [7, 11) is 0. The van der Waals surface area contributed by atoms with Crippen molar-refractivity contribution in [2.75, 3.05) is 0 Å². The molecule has 0 amide bonds. The third-order valence-corrected chi connectivity index (χ3v) is 5.81. The molecule has 1 nitrogen and oxygen atoms in total. The third-order valence-electron chi connectivity index (χ3n) is 5.81. The molecule has 138 valence electrons. The zero-order valence-corrected chi connectivity index (χ0v) is 16.4. The molecular formula is C24H36O. The first kappa shape index (κ1) is 19.8. The Hall–Kier alpha value is -1.50. The van der Waals surface area contributed by atoms with Crippen LogP contribution in [0, 0.1) is 11.3 Å². The van der Waals surface area contributed by atoms with Crippen LogP contribution >= 0.6 is 0 Å². The molecule has 0 saturated heterocycles. The van der Waals surface area contributed by atoms with E-state index in [0.717, 1.165) is 18.4 Å². The van der Waals surface area contributed by atoms with Crippen molar-refractivity contribution >= 4 is 0 Å². The molecule has 1 aliphatic carbocycles. The van der Waals surface area contributed by atoms with Gasteiger partial charge in [0.2, 0.25) is 0 Å².